The van der Waals surface area contributed by atoms with Crippen LogP contribution in [0.1, 0.15) is 19.3 Å². The Morgan fingerprint density at radius 1 is 1.53 bits per heavy atom. The number of hydrogen-bond acceptors (Lipinski definition) is 4. The normalized spacial score (nSPS) is 17.9. The van der Waals surface area contributed by atoms with Crippen molar-refractivity contribution in [3.8, 4) is 0 Å². The van der Waals surface area contributed by atoms with Crippen molar-refractivity contribution in [2.45, 2.75) is 28.9 Å². The van der Waals surface area contributed by atoms with E-state index >= 15 is 0 Å². The van der Waals surface area contributed by atoms with Gasteiger partial charge in [0.2, 0.25) is 0 Å². The molecule has 2 heterocycles. The molecule has 1 aliphatic rings. The molecule has 0 N–H and O–H groups in total. The average molecular weight is 328 g/mol. The largest absolute Gasteiger partial charge is 0.302 e. The molecule has 2 aromatic rings. The zero-order chi connectivity index (χ0) is 11.9. The van der Waals surface area contributed by atoms with Crippen LogP contribution < -0.4 is 0 Å². The first-order valence-electron chi connectivity index (χ1n) is 5.42. The van der Waals surface area contributed by atoms with Gasteiger partial charge >= 0.3 is 0 Å². The molecule has 1 saturated carbocycles. The summed E-state index contributed by atoms with van der Waals surface area (Å²) in [5.41, 5.74) is 0. The van der Waals surface area contributed by atoms with E-state index < -0.39 is 0 Å². The van der Waals surface area contributed by atoms with E-state index in [1.165, 1.54) is 4.90 Å². The number of thioether (sulfide) groups is 1. The van der Waals surface area contributed by atoms with Crippen molar-refractivity contribution in [3.05, 3.63) is 22.1 Å². The van der Waals surface area contributed by atoms with Gasteiger partial charge in [-0.25, -0.2) is 4.98 Å². The SMILES string of the molecule is O=CC1(Sc2ccnc3sc(Br)cc23)CCC1. The highest BCUT2D eigenvalue weighted by atomic mass is 79.9. The minimum atomic E-state index is -0.178. The number of rotatable bonds is 3. The number of hydrogen-bond donors (Lipinski definition) is 0. The monoisotopic (exact) mass is 327 g/mol. The molecule has 1 fully saturated rings. The summed E-state index contributed by atoms with van der Waals surface area (Å²) in [5.74, 6) is 0. The summed E-state index contributed by atoms with van der Waals surface area (Å²) < 4.78 is 0.907. The van der Waals surface area contributed by atoms with Gasteiger partial charge in [0, 0.05) is 16.5 Å². The van der Waals surface area contributed by atoms with Gasteiger partial charge in [-0.2, -0.15) is 0 Å². The smallest absolute Gasteiger partial charge is 0.136 e. The second kappa shape index (κ2) is 4.37. The van der Waals surface area contributed by atoms with E-state index in [-0.39, 0.29) is 4.75 Å². The number of pyridine rings is 1. The van der Waals surface area contributed by atoms with Crippen molar-refractivity contribution in [2.24, 2.45) is 0 Å². The van der Waals surface area contributed by atoms with Crippen LogP contribution >= 0.6 is 39.0 Å². The van der Waals surface area contributed by atoms with Crippen molar-refractivity contribution in [1.82, 2.24) is 4.98 Å². The van der Waals surface area contributed by atoms with Gasteiger partial charge in [0.1, 0.15) is 11.1 Å². The van der Waals surface area contributed by atoms with Crippen LogP contribution in [0.2, 0.25) is 0 Å². The summed E-state index contributed by atoms with van der Waals surface area (Å²) in [4.78, 5) is 17.8. The van der Waals surface area contributed by atoms with E-state index in [4.69, 9.17) is 0 Å². The predicted octanol–water partition coefficient (Wildman–Crippen LogP) is 4.27. The Hall–Kier alpha value is -0.390. The molecule has 5 heteroatoms. The third kappa shape index (κ3) is 2.04. The van der Waals surface area contributed by atoms with Crippen LogP contribution in [0.3, 0.4) is 0 Å². The zero-order valence-corrected chi connectivity index (χ0v) is 12.2. The summed E-state index contributed by atoms with van der Waals surface area (Å²) in [6.07, 6.45) is 6.10. The second-order valence-electron chi connectivity index (χ2n) is 4.22. The van der Waals surface area contributed by atoms with Gasteiger partial charge in [-0.15, -0.1) is 23.1 Å². The lowest BCUT2D eigenvalue weighted by atomic mass is 9.86. The highest BCUT2D eigenvalue weighted by Crippen LogP contribution is 2.48. The van der Waals surface area contributed by atoms with Gasteiger partial charge in [-0.1, -0.05) is 0 Å². The number of fused-ring (bicyclic) bond motifs is 1. The van der Waals surface area contributed by atoms with Gasteiger partial charge in [0.25, 0.3) is 0 Å². The van der Waals surface area contributed by atoms with E-state index in [9.17, 15) is 4.79 Å². The molecule has 2 aromatic heterocycles. The number of aromatic nitrogens is 1. The van der Waals surface area contributed by atoms with Crippen molar-refractivity contribution in [2.75, 3.05) is 0 Å². The Balaban J connectivity index is 2.02. The minimum Gasteiger partial charge on any atom is -0.302 e. The Morgan fingerprint density at radius 3 is 3.00 bits per heavy atom. The molecule has 17 heavy (non-hydrogen) atoms. The Bertz CT molecular complexity index is 577. The third-order valence-corrected chi connectivity index (χ3v) is 6.13. The molecule has 1 aliphatic carbocycles. The van der Waals surface area contributed by atoms with Crippen LogP contribution in [0.25, 0.3) is 10.2 Å². The van der Waals surface area contributed by atoms with Crippen molar-refractivity contribution in [1.29, 1.82) is 0 Å². The fourth-order valence-corrected chi connectivity index (χ4v) is 4.84. The lowest BCUT2D eigenvalue weighted by molar-refractivity contribution is -0.111. The maximum atomic E-state index is 11.2. The molecule has 88 valence electrons. The van der Waals surface area contributed by atoms with Gasteiger partial charge in [0.05, 0.1) is 8.53 Å². The van der Waals surface area contributed by atoms with Crippen LogP contribution in [0.15, 0.2) is 27.0 Å². The Kier molecular flexibility index (Phi) is 3.00. The van der Waals surface area contributed by atoms with Gasteiger partial charge in [-0.3, -0.25) is 0 Å². The average Bonchev–Trinajstić information content (AvgIpc) is 2.64. The number of nitrogens with zero attached hydrogens (tertiary/aromatic N) is 1. The molecule has 0 radical (unpaired) electrons. The maximum absolute atomic E-state index is 11.2. The standard InChI is InChI=1S/C12H10BrNOS2/c13-10-6-8-9(2-5-14-11(8)16-10)17-12(7-15)3-1-4-12/h2,5-7H,1,3-4H2. The van der Waals surface area contributed by atoms with Crippen LogP contribution in [0.4, 0.5) is 0 Å². The second-order valence-corrected chi connectivity index (χ2v) is 8.08. The molecular formula is C12H10BrNOS2. The molecule has 0 atom stereocenters. The lowest BCUT2D eigenvalue weighted by Gasteiger charge is -2.35. The van der Waals surface area contributed by atoms with Crippen molar-refractivity contribution in [3.63, 3.8) is 0 Å². The predicted molar refractivity (Wildman–Crippen MR) is 75.8 cm³/mol. The molecule has 0 unspecified atom stereocenters. The highest BCUT2D eigenvalue weighted by molar-refractivity contribution is 9.11. The summed E-state index contributed by atoms with van der Waals surface area (Å²) >= 11 is 6.81. The summed E-state index contributed by atoms with van der Waals surface area (Å²) in [6.45, 7) is 0. The number of halogens is 1. The first kappa shape index (κ1) is 11.7. The summed E-state index contributed by atoms with van der Waals surface area (Å²) in [6, 6.07) is 4.10. The number of aldehydes is 1. The molecule has 0 aliphatic heterocycles. The van der Waals surface area contributed by atoms with E-state index in [0.717, 1.165) is 39.6 Å². The molecule has 0 bridgehead atoms. The molecule has 0 amide bonds. The number of carbonyl (C=O) groups is 1. The van der Waals surface area contributed by atoms with E-state index in [2.05, 4.69) is 27.0 Å². The number of thiophene rings is 1. The minimum absolute atomic E-state index is 0.178. The molecule has 0 aromatic carbocycles. The van der Waals surface area contributed by atoms with Crippen molar-refractivity contribution < 1.29 is 4.79 Å². The zero-order valence-electron chi connectivity index (χ0n) is 8.98. The quantitative estimate of drug-likeness (QED) is 0.788. The van der Waals surface area contributed by atoms with Gasteiger partial charge < -0.3 is 4.79 Å². The van der Waals surface area contributed by atoms with E-state index in [1.54, 1.807) is 23.1 Å². The Morgan fingerprint density at radius 2 is 2.35 bits per heavy atom. The van der Waals surface area contributed by atoms with Crippen LogP contribution in [0, 0.1) is 0 Å². The first-order chi connectivity index (χ1) is 8.22. The highest BCUT2D eigenvalue weighted by Gasteiger charge is 2.38. The molecule has 3 rings (SSSR count). The molecule has 0 saturated heterocycles. The number of carbonyl (C=O) groups excluding carboxylic acids is 1. The Labute approximate surface area is 116 Å². The van der Waals surface area contributed by atoms with Crippen molar-refractivity contribution >= 4 is 55.5 Å². The maximum Gasteiger partial charge on any atom is 0.136 e. The molecule has 2 nitrogen and oxygen atoms in total. The van der Waals surface area contributed by atoms with Gasteiger partial charge in [-0.05, 0) is 47.3 Å². The third-order valence-electron chi connectivity index (χ3n) is 3.09. The van der Waals surface area contributed by atoms with Crippen LogP contribution in [-0.2, 0) is 4.79 Å². The van der Waals surface area contributed by atoms with Crippen LogP contribution in [0.5, 0.6) is 0 Å². The van der Waals surface area contributed by atoms with Crippen LogP contribution in [-0.4, -0.2) is 16.0 Å². The lowest BCUT2D eigenvalue weighted by Crippen LogP contribution is -2.34. The summed E-state index contributed by atoms with van der Waals surface area (Å²) in [5, 5.41) is 1.16. The fraction of sp³-hybridized carbons (Fsp3) is 0.333. The summed E-state index contributed by atoms with van der Waals surface area (Å²) in [7, 11) is 0. The first-order valence-corrected chi connectivity index (χ1v) is 7.84. The fourth-order valence-electron chi connectivity index (χ4n) is 1.96. The topological polar surface area (TPSA) is 30.0 Å². The molecule has 0 spiro atoms. The van der Waals surface area contributed by atoms with E-state index in [1.807, 2.05) is 12.3 Å². The molecular weight excluding hydrogens is 318 g/mol. The van der Waals surface area contributed by atoms with Gasteiger partial charge in [0.15, 0.2) is 0 Å². The van der Waals surface area contributed by atoms with E-state index in [0.29, 0.717) is 0 Å².